The highest BCUT2D eigenvalue weighted by molar-refractivity contribution is 7.88. The smallest absolute Gasteiger partial charge is 0.246 e. The molecule has 0 aromatic carbocycles. The molecular weight excluding hydrogens is 344 g/mol. The molecule has 25 heavy (non-hydrogen) atoms. The van der Waals surface area contributed by atoms with Crippen LogP contribution in [-0.4, -0.2) is 80.6 Å². The Hall–Kier alpha value is -1.19. The minimum atomic E-state index is -3.32. The molecule has 0 saturated carbocycles. The van der Waals surface area contributed by atoms with E-state index < -0.39 is 16.1 Å². The van der Waals surface area contributed by atoms with E-state index in [0.29, 0.717) is 32.0 Å². The van der Waals surface area contributed by atoms with Gasteiger partial charge < -0.3 is 10.2 Å². The second-order valence-corrected chi connectivity index (χ2v) is 9.44. The predicted octanol–water partition coefficient (Wildman–Crippen LogP) is -0.628. The largest absolute Gasteiger partial charge is 0.343 e. The van der Waals surface area contributed by atoms with Crippen molar-refractivity contribution in [2.45, 2.75) is 51.7 Å². The van der Waals surface area contributed by atoms with E-state index in [1.165, 1.54) is 6.92 Å². The maximum absolute atomic E-state index is 12.9. The van der Waals surface area contributed by atoms with Crippen LogP contribution in [0.25, 0.3) is 0 Å². The standard InChI is InChI=1S/C16H30N4O4S/c1-11(2)5-6-19-9-14-7-13(18-25(4,23)24)8-20(14)16(22)15(10-19)17-12(3)21/h11,13-15,18H,5-10H2,1-4H3,(H,17,21)/t13-,14-,15-/m0/s1. The van der Waals surface area contributed by atoms with E-state index in [9.17, 15) is 18.0 Å². The van der Waals surface area contributed by atoms with Crippen LogP contribution in [0.4, 0.5) is 0 Å². The van der Waals surface area contributed by atoms with E-state index >= 15 is 0 Å². The molecule has 2 aliphatic rings. The Morgan fingerprint density at radius 2 is 1.96 bits per heavy atom. The van der Waals surface area contributed by atoms with Crippen molar-refractivity contribution < 1.29 is 18.0 Å². The van der Waals surface area contributed by atoms with Crippen LogP contribution in [0, 0.1) is 5.92 Å². The quantitative estimate of drug-likeness (QED) is 0.645. The molecule has 144 valence electrons. The summed E-state index contributed by atoms with van der Waals surface area (Å²) in [5.74, 6) is 0.202. The molecule has 2 aliphatic heterocycles. The van der Waals surface area contributed by atoms with Crippen molar-refractivity contribution in [3.8, 4) is 0 Å². The molecule has 0 spiro atoms. The summed E-state index contributed by atoms with van der Waals surface area (Å²) in [5.41, 5.74) is 0. The van der Waals surface area contributed by atoms with Gasteiger partial charge in [0, 0.05) is 38.6 Å². The van der Waals surface area contributed by atoms with Crippen LogP contribution in [-0.2, 0) is 19.6 Å². The van der Waals surface area contributed by atoms with Gasteiger partial charge in [-0.1, -0.05) is 13.8 Å². The van der Waals surface area contributed by atoms with Crippen molar-refractivity contribution in [3.05, 3.63) is 0 Å². The van der Waals surface area contributed by atoms with Gasteiger partial charge in [0.05, 0.1) is 6.26 Å². The fourth-order valence-electron chi connectivity index (χ4n) is 3.63. The Labute approximate surface area is 150 Å². The first kappa shape index (κ1) is 20.1. The van der Waals surface area contributed by atoms with Gasteiger partial charge in [0.25, 0.3) is 0 Å². The number of nitrogens with one attached hydrogen (secondary N) is 2. The van der Waals surface area contributed by atoms with E-state index in [4.69, 9.17) is 0 Å². The molecule has 0 aromatic rings. The van der Waals surface area contributed by atoms with Gasteiger partial charge in [0.2, 0.25) is 21.8 Å². The average Bonchev–Trinajstić information content (AvgIpc) is 2.77. The molecule has 2 N–H and O–H groups in total. The Morgan fingerprint density at radius 3 is 2.52 bits per heavy atom. The van der Waals surface area contributed by atoms with Crippen molar-refractivity contribution in [1.29, 1.82) is 0 Å². The molecule has 2 rings (SSSR count). The fraction of sp³-hybridized carbons (Fsp3) is 0.875. The van der Waals surface area contributed by atoms with Crippen molar-refractivity contribution in [2.24, 2.45) is 5.92 Å². The topological polar surface area (TPSA) is 98.8 Å². The molecule has 3 atom stereocenters. The van der Waals surface area contributed by atoms with Crippen LogP contribution < -0.4 is 10.0 Å². The van der Waals surface area contributed by atoms with Crippen molar-refractivity contribution in [3.63, 3.8) is 0 Å². The van der Waals surface area contributed by atoms with Crippen molar-refractivity contribution in [2.75, 3.05) is 32.4 Å². The Kier molecular flexibility index (Phi) is 6.45. The van der Waals surface area contributed by atoms with Gasteiger partial charge in [0.1, 0.15) is 6.04 Å². The van der Waals surface area contributed by atoms with Crippen LogP contribution in [0.5, 0.6) is 0 Å². The number of fused-ring (bicyclic) bond motifs is 1. The molecule has 0 bridgehead atoms. The normalized spacial score (nSPS) is 28.1. The Bertz CT molecular complexity index is 607. The highest BCUT2D eigenvalue weighted by Crippen LogP contribution is 2.24. The van der Waals surface area contributed by atoms with Crippen LogP contribution in [0.2, 0.25) is 0 Å². The molecule has 2 amide bonds. The summed E-state index contributed by atoms with van der Waals surface area (Å²) in [6, 6.07) is -0.878. The minimum Gasteiger partial charge on any atom is -0.343 e. The van der Waals surface area contributed by atoms with Gasteiger partial charge in [-0.2, -0.15) is 0 Å². The number of rotatable bonds is 6. The van der Waals surface area contributed by atoms with E-state index in [-0.39, 0.29) is 23.9 Å². The van der Waals surface area contributed by atoms with E-state index in [0.717, 1.165) is 19.2 Å². The summed E-state index contributed by atoms with van der Waals surface area (Å²) in [6.45, 7) is 8.13. The first-order chi connectivity index (χ1) is 11.5. The molecule has 8 nitrogen and oxygen atoms in total. The number of sulfonamides is 1. The van der Waals surface area contributed by atoms with E-state index in [1.54, 1.807) is 4.90 Å². The molecule has 0 aromatic heterocycles. The van der Waals surface area contributed by atoms with Crippen molar-refractivity contribution >= 4 is 21.8 Å². The van der Waals surface area contributed by atoms with Crippen LogP contribution in [0.1, 0.15) is 33.6 Å². The number of nitrogens with zero attached hydrogens (tertiary/aromatic N) is 2. The Morgan fingerprint density at radius 1 is 1.28 bits per heavy atom. The zero-order valence-electron chi connectivity index (χ0n) is 15.5. The number of hydrogen-bond acceptors (Lipinski definition) is 5. The average molecular weight is 375 g/mol. The van der Waals surface area contributed by atoms with Crippen LogP contribution >= 0.6 is 0 Å². The molecule has 2 fully saturated rings. The molecule has 0 unspecified atom stereocenters. The van der Waals surface area contributed by atoms with Crippen LogP contribution in [0.15, 0.2) is 0 Å². The second kappa shape index (κ2) is 8.01. The summed E-state index contributed by atoms with van der Waals surface area (Å²) in [6.07, 6.45) is 2.75. The summed E-state index contributed by atoms with van der Waals surface area (Å²) < 4.78 is 25.6. The maximum atomic E-state index is 12.9. The number of hydrogen-bond donors (Lipinski definition) is 2. The molecule has 9 heteroatoms. The number of amides is 2. The zero-order valence-corrected chi connectivity index (χ0v) is 16.3. The second-order valence-electron chi connectivity index (χ2n) is 7.66. The Balaban J connectivity index is 2.14. The lowest BCUT2D eigenvalue weighted by molar-refractivity contribution is -0.135. The van der Waals surface area contributed by atoms with E-state index in [1.807, 2.05) is 0 Å². The summed E-state index contributed by atoms with van der Waals surface area (Å²) in [5, 5.41) is 2.75. The number of carbonyl (C=O) groups excluding carboxylic acids is 2. The lowest BCUT2D eigenvalue weighted by atomic mass is 10.1. The molecule has 0 radical (unpaired) electrons. The van der Waals surface area contributed by atoms with Gasteiger partial charge in [-0.15, -0.1) is 0 Å². The minimum absolute atomic E-state index is 0.0299. The molecule has 2 heterocycles. The van der Waals surface area contributed by atoms with Crippen LogP contribution in [0.3, 0.4) is 0 Å². The van der Waals surface area contributed by atoms with Gasteiger partial charge >= 0.3 is 0 Å². The third-order valence-electron chi connectivity index (χ3n) is 4.69. The predicted molar refractivity (Wildman–Crippen MR) is 95.4 cm³/mol. The van der Waals surface area contributed by atoms with Crippen molar-refractivity contribution in [1.82, 2.24) is 19.8 Å². The summed E-state index contributed by atoms with van der Waals surface area (Å²) >= 11 is 0. The van der Waals surface area contributed by atoms with Gasteiger partial charge in [-0.3, -0.25) is 14.5 Å². The highest BCUT2D eigenvalue weighted by Gasteiger charge is 2.42. The monoisotopic (exact) mass is 374 g/mol. The maximum Gasteiger partial charge on any atom is 0.246 e. The third-order valence-corrected chi connectivity index (χ3v) is 5.45. The zero-order chi connectivity index (χ0) is 18.8. The van der Waals surface area contributed by atoms with Gasteiger partial charge in [0.15, 0.2) is 0 Å². The summed E-state index contributed by atoms with van der Waals surface area (Å²) in [4.78, 5) is 28.3. The lowest BCUT2D eigenvalue weighted by Crippen LogP contribution is -2.51. The summed E-state index contributed by atoms with van der Waals surface area (Å²) in [7, 11) is -3.32. The first-order valence-electron chi connectivity index (χ1n) is 8.82. The van der Waals surface area contributed by atoms with E-state index in [2.05, 4.69) is 28.8 Å². The van der Waals surface area contributed by atoms with Gasteiger partial charge in [-0.25, -0.2) is 13.1 Å². The third kappa shape index (κ3) is 5.93. The molecule has 0 aliphatic carbocycles. The molecule has 2 saturated heterocycles. The number of carbonyl (C=O) groups is 2. The molecular formula is C16H30N4O4S. The highest BCUT2D eigenvalue weighted by atomic mass is 32.2. The lowest BCUT2D eigenvalue weighted by Gasteiger charge is -2.25. The first-order valence-corrected chi connectivity index (χ1v) is 10.7. The fourth-order valence-corrected chi connectivity index (χ4v) is 4.41. The van der Waals surface area contributed by atoms with Gasteiger partial charge in [-0.05, 0) is 25.3 Å². The SMILES string of the molecule is CC(=O)N[C@H]1CN(CCC(C)C)C[C@@H]2C[C@H](NS(C)(=O)=O)CN2C1=O.